The molecule has 0 aromatic carbocycles. The lowest BCUT2D eigenvalue weighted by Crippen LogP contribution is -2.52. The molecule has 0 saturated carbocycles. The van der Waals surface area contributed by atoms with Gasteiger partial charge in [0.2, 0.25) is 5.91 Å². The Hall–Kier alpha value is -1.73. The summed E-state index contributed by atoms with van der Waals surface area (Å²) >= 11 is 0. The Morgan fingerprint density at radius 3 is 2.44 bits per heavy atom. The molecule has 2 fully saturated rings. The van der Waals surface area contributed by atoms with Gasteiger partial charge in [0.05, 0.1) is 13.2 Å². The van der Waals surface area contributed by atoms with Crippen LogP contribution in [0.4, 0.5) is 0 Å². The number of methoxy groups -OCH3 is 1. The highest BCUT2D eigenvalue weighted by Crippen LogP contribution is 2.21. The highest BCUT2D eigenvalue weighted by molar-refractivity contribution is 5.82. The van der Waals surface area contributed by atoms with Crippen LogP contribution in [0.25, 0.3) is 0 Å². The Bertz CT molecular complexity index is 551. The van der Waals surface area contributed by atoms with Gasteiger partial charge in [0.15, 0.2) is 0 Å². The topological polar surface area (TPSA) is 84.6 Å². The molecule has 0 aliphatic carbocycles. The number of ether oxygens (including phenoxy) is 1. The number of amides is 1. The van der Waals surface area contributed by atoms with Gasteiger partial charge in [-0.25, -0.2) is 9.97 Å². The van der Waals surface area contributed by atoms with Crippen LogP contribution in [0.2, 0.25) is 0 Å². The number of hydrogen-bond donors (Lipinski definition) is 1. The fourth-order valence-corrected chi connectivity index (χ4v) is 3.86. The van der Waals surface area contributed by atoms with Crippen LogP contribution in [0.3, 0.4) is 0 Å². The number of nitrogens with zero attached hydrogens (tertiary/aromatic N) is 4. The van der Waals surface area contributed by atoms with Crippen LogP contribution >= 0.6 is 0 Å². The largest absolute Gasteiger partial charge is 0.467 e. The number of carbonyl (C=O) groups excluding carboxylic acids is 1. The molecule has 3 rings (SSSR count). The molecule has 1 amide bonds. The van der Waals surface area contributed by atoms with Crippen LogP contribution in [0.5, 0.6) is 6.01 Å². The number of hydrogen-bond acceptors (Lipinski definition) is 6. The number of likely N-dealkylation sites (tertiary alicyclic amines) is 2. The van der Waals surface area contributed by atoms with Gasteiger partial charge in [-0.05, 0) is 50.8 Å². The van der Waals surface area contributed by atoms with Gasteiger partial charge in [-0.1, -0.05) is 6.42 Å². The van der Waals surface area contributed by atoms with Gasteiger partial charge in [-0.3, -0.25) is 4.79 Å². The average Bonchev–Trinajstić information content (AvgIpc) is 2.69. The van der Waals surface area contributed by atoms with Crippen molar-refractivity contribution in [2.45, 2.75) is 50.6 Å². The maximum Gasteiger partial charge on any atom is 0.316 e. The van der Waals surface area contributed by atoms with Crippen molar-refractivity contribution in [3.63, 3.8) is 0 Å². The van der Waals surface area contributed by atoms with E-state index in [1.807, 2.05) is 4.90 Å². The van der Waals surface area contributed by atoms with E-state index < -0.39 is 6.04 Å². The van der Waals surface area contributed by atoms with E-state index in [9.17, 15) is 4.79 Å². The van der Waals surface area contributed by atoms with Gasteiger partial charge >= 0.3 is 6.01 Å². The van der Waals surface area contributed by atoms with Crippen LogP contribution in [0.1, 0.15) is 37.7 Å². The monoisotopic (exact) mass is 347 g/mol. The summed E-state index contributed by atoms with van der Waals surface area (Å²) in [4.78, 5) is 25.3. The van der Waals surface area contributed by atoms with Crippen LogP contribution in [-0.2, 0) is 11.2 Å². The lowest BCUT2D eigenvalue weighted by Gasteiger charge is -2.40. The third-order valence-corrected chi connectivity index (χ3v) is 5.32. The molecule has 138 valence electrons. The first-order valence-corrected chi connectivity index (χ1v) is 9.30. The number of rotatable bonds is 5. The van der Waals surface area contributed by atoms with Crippen molar-refractivity contribution in [1.29, 1.82) is 0 Å². The molecule has 0 spiro atoms. The van der Waals surface area contributed by atoms with Crippen LogP contribution < -0.4 is 10.5 Å². The van der Waals surface area contributed by atoms with Gasteiger partial charge < -0.3 is 20.3 Å². The van der Waals surface area contributed by atoms with E-state index >= 15 is 0 Å². The van der Waals surface area contributed by atoms with Crippen molar-refractivity contribution in [3.05, 3.63) is 18.0 Å². The van der Waals surface area contributed by atoms with Crippen LogP contribution in [-0.4, -0.2) is 71.0 Å². The van der Waals surface area contributed by atoms with Gasteiger partial charge in [0.25, 0.3) is 0 Å². The van der Waals surface area contributed by atoms with Gasteiger partial charge in [-0.2, -0.15) is 0 Å². The van der Waals surface area contributed by atoms with E-state index in [-0.39, 0.29) is 5.91 Å². The molecular weight excluding hydrogens is 318 g/mol. The Morgan fingerprint density at radius 1 is 1.20 bits per heavy atom. The first kappa shape index (κ1) is 18.1. The van der Waals surface area contributed by atoms with E-state index in [0.717, 1.165) is 31.5 Å². The fourth-order valence-electron chi connectivity index (χ4n) is 3.86. The third-order valence-electron chi connectivity index (χ3n) is 5.32. The molecule has 1 unspecified atom stereocenters. The number of nitrogens with two attached hydrogens (primary N) is 1. The summed E-state index contributed by atoms with van der Waals surface area (Å²) in [6.07, 6.45) is 9.89. The molecular formula is C18H29N5O2. The van der Waals surface area contributed by atoms with Gasteiger partial charge in [0.1, 0.15) is 0 Å². The fraction of sp³-hybridized carbons (Fsp3) is 0.722. The smallest absolute Gasteiger partial charge is 0.316 e. The maximum absolute atomic E-state index is 12.6. The summed E-state index contributed by atoms with van der Waals surface area (Å²) in [5, 5.41) is 0. The molecule has 7 heteroatoms. The molecule has 2 aliphatic heterocycles. The highest BCUT2D eigenvalue weighted by Gasteiger charge is 2.29. The number of aromatic nitrogens is 2. The van der Waals surface area contributed by atoms with E-state index in [0.29, 0.717) is 18.5 Å². The zero-order chi connectivity index (χ0) is 17.6. The van der Waals surface area contributed by atoms with Crippen molar-refractivity contribution in [1.82, 2.24) is 19.8 Å². The molecule has 2 N–H and O–H groups in total. The Morgan fingerprint density at radius 2 is 1.84 bits per heavy atom. The zero-order valence-electron chi connectivity index (χ0n) is 15.1. The molecule has 1 aromatic heterocycles. The molecule has 25 heavy (non-hydrogen) atoms. The van der Waals surface area contributed by atoms with Crippen molar-refractivity contribution in [2.24, 2.45) is 5.73 Å². The normalized spacial score (nSPS) is 21.1. The minimum atomic E-state index is -0.538. The molecule has 0 bridgehead atoms. The van der Waals surface area contributed by atoms with Crippen molar-refractivity contribution in [3.8, 4) is 6.01 Å². The predicted octanol–water partition coefficient (Wildman–Crippen LogP) is 0.832. The van der Waals surface area contributed by atoms with Crippen molar-refractivity contribution >= 4 is 5.91 Å². The maximum atomic E-state index is 12.6. The van der Waals surface area contributed by atoms with Gasteiger partial charge in [0, 0.05) is 31.5 Å². The third kappa shape index (κ3) is 4.67. The van der Waals surface area contributed by atoms with Gasteiger partial charge in [-0.15, -0.1) is 0 Å². The highest BCUT2D eigenvalue weighted by atomic mass is 16.5. The van der Waals surface area contributed by atoms with Crippen LogP contribution in [0, 0.1) is 0 Å². The number of carbonyl (C=O) groups is 1. The van der Waals surface area contributed by atoms with Crippen LogP contribution in [0.15, 0.2) is 12.4 Å². The molecule has 0 radical (unpaired) electrons. The predicted molar refractivity (Wildman–Crippen MR) is 95.3 cm³/mol. The first-order valence-electron chi connectivity index (χ1n) is 9.30. The quantitative estimate of drug-likeness (QED) is 0.849. The molecule has 2 aliphatic rings. The lowest BCUT2D eigenvalue weighted by molar-refractivity contribution is -0.134. The average molecular weight is 347 g/mol. The second-order valence-electron chi connectivity index (χ2n) is 7.04. The molecule has 3 heterocycles. The van der Waals surface area contributed by atoms with E-state index in [4.69, 9.17) is 10.5 Å². The summed E-state index contributed by atoms with van der Waals surface area (Å²) in [5.41, 5.74) is 6.99. The second-order valence-corrected chi connectivity index (χ2v) is 7.04. The lowest BCUT2D eigenvalue weighted by atomic mass is 9.99. The van der Waals surface area contributed by atoms with Crippen molar-refractivity contribution < 1.29 is 9.53 Å². The minimum absolute atomic E-state index is 0.0351. The summed E-state index contributed by atoms with van der Waals surface area (Å²) in [6.45, 7) is 4.06. The second kappa shape index (κ2) is 8.58. The van der Waals surface area contributed by atoms with Crippen molar-refractivity contribution in [2.75, 3.05) is 33.3 Å². The summed E-state index contributed by atoms with van der Waals surface area (Å²) in [7, 11) is 1.53. The van der Waals surface area contributed by atoms with E-state index in [2.05, 4.69) is 14.9 Å². The minimum Gasteiger partial charge on any atom is -0.467 e. The standard InChI is InChI=1S/C18H29N5O2/c1-25-18-20-12-14(13-21-18)11-16(19)17(24)23-9-5-15(6-10-23)22-7-3-2-4-8-22/h12-13,15-16H,2-11,19H2,1H3. The summed E-state index contributed by atoms with van der Waals surface area (Å²) in [6, 6.07) is 0.419. The summed E-state index contributed by atoms with van der Waals surface area (Å²) < 4.78 is 4.94. The summed E-state index contributed by atoms with van der Waals surface area (Å²) in [5.74, 6) is 0.0351. The Balaban J connectivity index is 1.47. The Kier molecular flexibility index (Phi) is 6.20. The molecule has 2 saturated heterocycles. The number of piperidine rings is 2. The molecule has 1 aromatic rings. The first-order chi connectivity index (χ1) is 12.2. The molecule has 1 atom stereocenters. The SMILES string of the molecule is COc1ncc(CC(N)C(=O)N2CCC(N3CCCCC3)CC2)cn1. The van der Waals surface area contributed by atoms with E-state index in [1.165, 1.54) is 39.5 Å². The Labute approximate surface area is 149 Å². The van der Waals surface area contributed by atoms with E-state index in [1.54, 1.807) is 12.4 Å². The molecule has 7 nitrogen and oxygen atoms in total. The zero-order valence-corrected chi connectivity index (χ0v) is 15.1.